The van der Waals surface area contributed by atoms with Crippen LogP contribution in [0.2, 0.25) is 0 Å². The lowest BCUT2D eigenvalue weighted by Gasteiger charge is -2.34. The van der Waals surface area contributed by atoms with Crippen molar-refractivity contribution in [1.82, 2.24) is 0 Å². The van der Waals surface area contributed by atoms with E-state index in [1.807, 2.05) is 36.5 Å². The minimum absolute atomic E-state index is 0.0210. The first-order valence-corrected chi connectivity index (χ1v) is 23.5. The molecule has 0 saturated carbocycles. The van der Waals surface area contributed by atoms with Gasteiger partial charge in [-0.2, -0.15) is 0 Å². The quantitative estimate of drug-likeness (QED) is 0.0199. The fourth-order valence-corrected chi connectivity index (χ4v) is 6.52. The fraction of sp³-hybridized carbons (Fsp3) is 0.706. The van der Waals surface area contributed by atoms with Crippen LogP contribution in [0.25, 0.3) is 0 Å². The number of rotatable bonds is 41. The van der Waals surface area contributed by atoms with Crippen LogP contribution in [0.15, 0.2) is 72.9 Å². The summed E-state index contributed by atoms with van der Waals surface area (Å²) in [6, 6.07) is -0.737. The summed E-state index contributed by atoms with van der Waals surface area (Å²) in [5.41, 5.74) is 0. The minimum atomic E-state index is -1.13. The summed E-state index contributed by atoms with van der Waals surface area (Å²) < 4.78 is 17.1. The molecule has 0 heterocycles. The molecular formula is C51H87NO7. The standard InChI is InChI=1S/C51H87NO7/c1-6-8-10-12-14-16-18-20-21-22-23-24-25-26-27-28-30-32-34-36-38-40-42-50(54)59-47(45-57-44-43-48(51(55)56)52(3,4)5)46-58-49(53)41-39-37-35-33-31-29-19-17-15-13-11-9-7-2/h9,11,13,15,17,19,22-23,25-26,29,31,47-48H,6-8,10,12,14,16,18,20-21,24,27-28,30,32-46H2,1-5H3/b11-9+,15-13+,19-17+,23-22+,26-25+,31-29+. The van der Waals surface area contributed by atoms with E-state index in [2.05, 4.69) is 50.3 Å². The van der Waals surface area contributed by atoms with Crippen LogP contribution in [0.5, 0.6) is 0 Å². The van der Waals surface area contributed by atoms with Crippen molar-refractivity contribution in [1.29, 1.82) is 0 Å². The second-order valence-corrected chi connectivity index (χ2v) is 16.7. The van der Waals surface area contributed by atoms with Crippen LogP contribution in [0.3, 0.4) is 0 Å². The highest BCUT2D eigenvalue weighted by Gasteiger charge is 2.25. The van der Waals surface area contributed by atoms with Crippen LogP contribution in [0.1, 0.15) is 181 Å². The Morgan fingerprint density at radius 3 is 1.56 bits per heavy atom. The van der Waals surface area contributed by atoms with Gasteiger partial charge in [-0.3, -0.25) is 9.59 Å². The lowest BCUT2D eigenvalue weighted by Crippen LogP contribution is -2.55. The Balaban J connectivity index is 4.33. The molecule has 0 saturated heterocycles. The number of carbonyl (C=O) groups is 3. The third-order valence-corrected chi connectivity index (χ3v) is 10.2. The van der Waals surface area contributed by atoms with Crippen LogP contribution < -0.4 is 5.11 Å². The van der Waals surface area contributed by atoms with Gasteiger partial charge in [0.05, 0.1) is 40.3 Å². The number of aliphatic carboxylic acids is 1. The van der Waals surface area contributed by atoms with Gasteiger partial charge < -0.3 is 28.6 Å². The number of unbranched alkanes of at least 4 members (excludes halogenated alkanes) is 18. The number of likely N-dealkylation sites (N-methyl/N-ethyl adjacent to an activating group) is 1. The van der Waals surface area contributed by atoms with E-state index in [0.717, 1.165) is 70.6 Å². The highest BCUT2D eigenvalue weighted by atomic mass is 16.6. The summed E-state index contributed by atoms with van der Waals surface area (Å²) >= 11 is 0. The van der Waals surface area contributed by atoms with E-state index in [9.17, 15) is 19.5 Å². The van der Waals surface area contributed by atoms with E-state index in [0.29, 0.717) is 12.8 Å². The molecule has 0 aromatic rings. The molecule has 0 fully saturated rings. The van der Waals surface area contributed by atoms with E-state index >= 15 is 0 Å². The molecule has 59 heavy (non-hydrogen) atoms. The molecule has 0 aromatic heterocycles. The van der Waals surface area contributed by atoms with E-state index in [4.69, 9.17) is 14.2 Å². The molecule has 2 atom stereocenters. The van der Waals surface area contributed by atoms with Gasteiger partial charge in [0.15, 0.2) is 6.10 Å². The Morgan fingerprint density at radius 1 is 0.542 bits per heavy atom. The van der Waals surface area contributed by atoms with Crippen molar-refractivity contribution in [2.75, 3.05) is 41.0 Å². The van der Waals surface area contributed by atoms with Crippen molar-refractivity contribution >= 4 is 17.9 Å². The number of nitrogens with zero attached hydrogens (tertiary/aromatic N) is 1. The lowest BCUT2D eigenvalue weighted by atomic mass is 10.1. The molecule has 0 aliphatic carbocycles. The Labute approximate surface area is 361 Å². The van der Waals surface area contributed by atoms with Gasteiger partial charge in [-0.25, -0.2) is 0 Å². The summed E-state index contributed by atoms with van der Waals surface area (Å²) in [5.74, 6) is -1.80. The first-order valence-electron chi connectivity index (χ1n) is 23.5. The summed E-state index contributed by atoms with van der Waals surface area (Å²) in [4.78, 5) is 36.9. The largest absolute Gasteiger partial charge is 0.544 e. The number of hydrogen-bond acceptors (Lipinski definition) is 7. The van der Waals surface area contributed by atoms with E-state index in [-0.39, 0.29) is 42.7 Å². The van der Waals surface area contributed by atoms with Gasteiger partial charge in [0.2, 0.25) is 0 Å². The maximum absolute atomic E-state index is 12.7. The first kappa shape index (κ1) is 55.8. The van der Waals surface area contributed by atoms with Crippen LogP contribution in [-0.2, 0) is 28.6 Å². The van der Waals surface area contributed by atoms with Crippen molar-refractivity contribution in [3.8, 4) is 0 Å². The minimum Gasteiger partial charge on any atom is -0.544 e. The predicted octanol–water partition coefficient (Wildman–Crippen LogP) is 11.8. The van der Waals surface area contributed by atoms with Gasteiger partial charge in [-0.05, 0) is 64.2 Å². The Morgan fingerprint density at radius 2 is 1.02 bits per heavy atom. The third-order valence-electron chi connectivity index (χ3n) is 10.2. The molecule has 8 nitrogen and oxygen atoms in total. The maximum Gasteiger partial charge on any atom is 0.306 e. The number of hydrogen-bond donors (Lipinski definition) is 0. The summed E-state index contributed by atoms with van der Waals surface area (Å²) in [7, 11) is 5.39. The molecule has 338 valence electrons. The number of esters is 2. The predicted molar refractivity (Wildman–Crippen MR) is 245 cm³/mol. The number of allylic oxidation sites excluding steroid dienone is 12. The van der Waals surface area contributed by atoms with Crippen molar-refractivity contribution in [3.05, 3.63) is 72.9 Å². The smallest absolute Gasteiger partial charge is 0.306 e. The molecule has 0 aromatic carbocycles. The molecule has 0 rings (SSSR count). The molecule has 0 radical (unpaired) electrons. The van der Waals surface area contributed by atoms with E-state index < -0.39 is 18.1 Å². The first-order chi connectivity index (χ1) is 28.6. The molecule has 8 heteroatoms. The Bertz CT molecular complexity index is 1190. The number of carboxylic acid groups (broad SMARTS) is 1. The number of quaternary nitrogens is 1. The van der Waals surface area contributed by atoms with Crippen molar-refractivity contribution in [3.63, 3.8) is 0 Å². The molecule has 0 N–H and O–H groups in total. The zero-order chi connectivity index (χ0) is 43.5. The zero-order valence-corrected chi connectivity index (χ0v) is 38.4. The molecular weight excluding hydrogens is 739 g/mol. The Hall–Kier alpha value is -3.23. The average molecular weight is 826 g/mol. The Kier molecular flexibility index (Phi) is 39.2. The average Bonchev–Trinajstić information content (AvgIpc) is 3.19. The van der Waals surface area contributed by atoms with Crippen molar-refractivity contribution in [2.45, 2.75) is 193 Å². The second-order valence-electron chi connectivity index (χ2n) is 16.7. The van der Waals surface area contributed by atoms with Gasteiger partial charge in [0.1, 0.15) is 12.6 Å². The van der Waals surface area contributed by atoms with Gasteiger partial charge >= 0.3 is 11.9 Å². The topological polar surface area (TPSA) is 102 Å². The highest BCUT2D eigenvalue weighted by molar-refractivity contribution is 5.70. The molecule has 0 aliphatic rings. The lowest BCUT2D eigenvalue weighted by molar-refractivity contribution is -0.889. The van der Waals surface area contributed by atoms with E-state index in [1.54, 1.807) is 21.1 Å². The third kappa shape index (κ3) is 40.0. The number of carboxylic acids is 1. The second kappa shape index (κ2) is 41.5. The zero-order valence-electron chi connectivity index (χ0n) is 38.4. The summed E-state index contributed by atoms with van der Waals surface area (Å²) in [5, 5.41) is 11.6. The maximum atomic E-state index is 12.7. The molecule has 0 aliphatic heterocycles. The summed E-state index contributed by atoms with van der Waals surface area (Å²) in [6.07, 6.45) is 52.2. The van der Waals surface area contributed by atoms with Crippen LogP contribution in [-0.4, -0.2) is 75.5 Å². The van der Waals surface area contributed by atoms with Crippen LogP contribution in [0.4, 0.5) is 0 Å². The monoisotopic (exact) mass is 826 g/mol. The van der Waals surface area contributed by atoms with Gasteiger partial charge in [0.25, 0.3) is 0 Å². The molecule has 0 amide bonds. The van der Waals surface area contributed by atoms with Crippen LogP contribution >= 0.6 is 0 Å². The van der Waals surface area contributed by atoms with Gasteiger partial charge in [0, 0.05) is 19.3 Å². The molecule has 0 bridgehead atoms. The SMILES string of the molecule is CC/C=C/C=C/C=C/C=C/CCCCCC(=O)OCC(COCCC(C(=O)[O-])[N+](C)(C)C)OC(=O)CCCCCCCCC/C=C/C/C=C/CCCCCCCCCC. The van der Waals surface area contributed by atoms with Crippen LogP contribution in [0, 0.1) is 0 Å². The highest BCUT2D eigenvalue weighted by Crippen LogP contribution is 2.14. The molecule has 0 spiro atoms. The number of carbonyl (C=O) groups excluding carboxylic acids is 3. The van der Waals surface area contributed by atoms with Crippen molar-refractivity contribution in [2.24, 2.45) is 0 Å². The normalized spacial score (nSPS) is 13.6. The van der Waals surface area contributed by atoms with Gasteiger partial charge in [-0.1, -0.05) is 170 Å². The van der Waals surface area contributed by atoms with E-state index in [1.165, 1.54) is 77.0 Å². The number of ether oxygens (including phenoxy) is 3. The fourth-order valence-electron chi connectivity index (χ4n) is 6.52. The van der Waals surface area contributed by atoms with Crippen molar-refractivity contribution < 1.29 is 38.2 Å². The summed E-state index contributed by atoms with van der Waals surface area (Å²) in [6.45, 7) is 4.46. The molecule has 2 unspecified atom stereocenters. The van der Waals surface area contributed by atoms with Gasteiger partial charge in [-0.15, -0.1) is 0 Å².